The van der Waals surface area contributed by atoms with E-state index in [1.54, 1.807) is 0 Å². The summed E-state index contributed by atoms with van der Waals surface area (Å²) in [5.74, 6) is -0.979. The minimum Gasteiger partial charge on any atom is -0.476 e. The van der Waals surface area contributed by atoms with Gasteiger partial charge in [0.2, 0.25) is 5.01 Å². The molecular formula is C8H4BrNNaO2S. The van der Waals surface area contributed by atoms with Crippen molar-refractivity contribution in [3.63, 3.8) is 0 Å². The van der Waals surface area contributed by atoms with E-state index in [1.807, 2.05) is 18.2 Å². The van der Waals surface area contributed by atoms with Gasteiger partial charge in [-0.2, -0.15) is 0 Å². The molecule has 0 spiro atoms. The first kappa shape index (κ1) is 12.1. The predicted octanol–water partition coefficient (Wildman–Crippen LogP) is 2.38. The molecule has 67 valence electrons. The monoisotopic (exact) mass is 280 g/mol. The molecule has 0 aliphatic heterocycles. The van der Waals surface area contributed by atoms with Gasteiger partial charge in [0.15, 0.2) is 0 Å². The van der Waals surface area contributed by atoms with E-state index in [4.69, 9.17) is 5.11 Å². The predicted molar refractivity (Wildman–Crippen MR) is 60.0 cm³/mol. The molecule has 1 radical (unpaired) electrons. The summed E-state index contributed by atoms with van der Waals surface area (Å²) < 4.78 is 1.71. The molecule has 2 rings (SSSR count). The summed E-state index contributed by atoms with van der Waals surface area (Å²) in [4.78, 5) is 14.6. The van der Waals surface area contributed by atoms with Gasteiger partial charge in [0, 0.05) is 34.0 Å². The molecule has 0 saturated carbocycles. The molecular weight excluding hydrogens is 277 g/mol. The van der Waals surface area contributed by atoms with Gasteiger partial charge in [0.05, 0.1) is 10.2 Å². The molecule has 6 heteroatoms. The summed E-state index contributed by atoms with van der Waals surface area (Å²) in [5, 5.41) is 8.84. The fourth-order valence-electron chi connectivity index (χ4n) is 1.01. The Kier molecular flexibility index (Phi) is 4.09. The van der Waals surface area contributed by atoms with E-state index in [-0.39, 0.29) is 34.6 Å². The van der Waals surface area contributed by atoms with Crippen molar-refractivity contribution in [3.8, 4) is 0 Å². The van der Waals surface area contributed by atoms with Crippen molar-refractivity contribution < 1.29 is 9.90 Å². The molecule has 3 nitrogen and oxygen atoms in total. The summed E-state index contributed by atoms with van der Waals surface area (Å²) in [7, 11) is 0. The molecule has 1 aromatic heterocycles. The molecule has 0 amide bonds. The minimum atomic E-state index is -0.979. The molecule has 0 aliphatic rings. The second-order valence-corrected chi connectivity index (χ2v) is 4.30. The number of fused-ring (bicyclic) bond motifs is 1. The minimum absolute atomic E-state index is 0. The Bertz CT molecular complexity index is 485. The number of carboxylic acids is 1. The van der Waals surface area contributed by atoms with Crippen LogP contribution >= 0.6 is 27.3 Å². The van der Waals surface area contributed by atoms with Crippen LogP contribution in [-0.2, 0) is 0 Å². The summed E-state index contributed by atoms with van der Waals surface area (Å²) in [6.45, 7) is 0. The first-order valence-electron chi connectivity index (χ1n) is 3.47. The number of aromatic nitrogens is 1. The third kappa shape index (κ3) is 2.17. The van der Waals surface area contributed by atoms with Crippen molar-refractivity contribution in [1.82, 2.24) is 4.98 Å². The van der Waals surface area contributed by atoms with E-state index in [1.165, 1.54) is 11.3 Å². The molecule has 1 N–H and O–H groups in total. The van der Waals surface area contributed by atoms with Crippen LogP contribution in [0.25, 0.3) is 10.2 Å². The van der Waals surface area contributed by atoms with Crippen molar-refractivity contribution in [2.45, 2.75) is 0 Å². The topological polar surface area (TPSA) is 50.2 Å². The van der Waals surface area contributed by atoms with Crippen LogP contribution in [0.3, 0.4) is 0 Å². The maximum atomic E-state index is 10.6. The normalized spacial score (nSPS) is 9.79. The van der Waals surface area contributed by atoms with Gasteiger partial charge >= 0.3 is 5.97 Å². The Morgan fingerprint density at radius 1 is 1.50 bits per heavy atom. The smallest absolute Gasteiger partial charge is 0.365 e. The van der Waals surface area contributed by atoms with Crippen LogP contribution in [0.15, 0.2) is 22.7 Å². The number of nitrogens with zero attached hydrogens (tertiary/aromatic N) is 1. The molecule has 0 atom stereocenters. The van der Waals surface area contributed by atoms with E-state index in [0.717, 1.165) is 9.17 Å². The first-order valence-corrected chi connectivity index (χ1v) is 5.08. The van der Waals surface area contributed by atoms with Gasteiger partial charge in [-0.3, -0.25) is 0 Å². The fourth-order valence-corrected chi connectivity index (χ4v) is 2.42. The average Bonchev–Trinajstić information content (AvgIpc) is 2.49. The van der Waals surface area contributed by atoms with Crippen molar-refractivity contribution >= 4 is 73.0 Å². The molecule has 0 saturated heterocycles. The van der Waals surface area contributed by atoms with E-state index >= 15 is 0 Å². The summed E-state index contributed by atoms with van der Waals surface area (Å²) in [5.41, 5.74) is 0.713. The molecule has 14 heavy (non-hydrogen) atoms. The van der Waals surface area contributed by atoms with Gasteiger partial charge in [-0.05, 0) is 28.1 Å². The number of thiazole rings is 1. The Hall–Kier alpha value is 0.0600. The molecule has 0 unspecified atom stereocenters. The van der Waals surface area contributed by atoms with Gasteiger partial charge in [0.1, 0.15) is 0 Å². The third-order valence-electron chi connectivity index (χ3n) is 1.55. The van der Waals surface area contributed by atoms with Crippen LogP contribution < -0.4 is 0 Å². The van der Waals surface area contributed by atoms with Crippen LogP contribution in [0.1, 0.15) is 9.80 Å². The van der Waals surface area contributed by atoms with Crippen molar-refractivity contribution in [2.75, 3.05) is 0 Å². The number of hydrogen-bond donors (Lipinski definition) is 1. The van der Waals surface area contributed by atoms with E-state index in [2.05, 4.69) is 20.9 Å². The van der Waals surface area contributed by atoms with Crippen LogP contribution in [0.5, 0.6) is 0 Å². The van der Waals surface area contributed by atoms with Crippen LogP contribution in [0.2, 0.25) is 0 Å². The van der Waals surface area contributed by atoms with E-state index in [9.17, 15) is 4.79 Å². The first-order chi connectivity index (χ1) is 6.18. The van der Waals surface area contributed by atoms with Crippen molar-refractivity contribution in [2.24, 2.45) is 0 Å². The number of benzene rings is 1. The Morgan fingerprint density at radius 3 is 2.79 bits per heavy atom. The second-order valence-electron chi connectivity index (χ2n) is 2.41. The SMILES string of the molecule is O=C(O)c1nc2c(Br)cccc2s1.[Na]. The molecule has 0 fully saturated rings. The Morgan fingerprint density at radius 2 is 2.21 bits per heavy atom. The summed E-state index contributed by atoms with van der Waals surface area (Å²) >= 11 is 4.49. The maximum Gasteiger partial charge on any atom is 0.365 e. The molecule has 0 bridgehead atoms. The number of carbonyl (C=O) groups is 1. The van der Waals surface area contributed by atoms with Gasteiger partial charge in [0.25, 0.3) is 0 Å². The molecule has 1 heterocycles. The fraction of sp³-hybridized carbons (Fsp3) is 0. The molecule has 1 aromatic carbocycles. The number of para-hydroxylation sites is 1. The standard InChI is InChI=1S/C8H4BrNO2S.Na/c9-4-2-1-3-5-6(4)10-7(13-5)8(11)12;/h1-3H,(H,11,12);. The van der Waals surface area contributed by atoms with Crippen molar-refractivity contribution in [1.29, 1.82) is 0 Å². The van der Waals surface area contributed by atoms with Crippen molar-refractivity contribution in [3.05, 3.63) is 27.7 Å². The van der Waals surface area contributed by atoms with Gasteiger partial charge < -0.3 is 5.11 Å². The van der Waals surface area contributed by atoms with Crippen LogP contribution in [0, 0.1) is 0 Å². The number of halogens is 1. The average molecular weight is 281 g/mol. The zero-order valence-electron chi connectivity index (χ0n) is 7.32. The number of carboxylic acid groups (broad SMARTS) is 1. The zero-order chi connectivity index (χ0) is 9.42. The number of aromatic carboxylic acids is 1. The number of rotatable bonds is 1. The zero-order valence-corrected chi connectivity index (χ0v) is 11.7. The van der Waals surface area contributed by atoms with Crippen LogP contribution in [-0.4, -0.2) is 45.6 Å². The quantitative estimate of drug-likeness (QED) is 0.816. The second kappa shape index (κ2) is 4.72. The maximum absolute atomic E-state index is 10.6. The third-order valence-corrected chi connectivity index (χ3v) is 3.20. The molecule has 2 aromatic rings. The van der Waals surface area contributed by atoms with Gasteiger partial charge in [-0.1, -0.05) is 6.07 Å². The van der Waals surface area contributed by atoms with Gasteiger partial charge in [-0.15, -0.1) is 11.3 Å². The summed E-state index contributed by atoms with van der Waals surface area (Å²) in [6.07, 6.45) is 0. The van der Waals surface area contributed by atoms with Gasteiger partial charge in [-0.25, -0.2) is 9.78 Å². The van der Waals surface area contributed by atoms with E-state index < -0.39 is 5.97 Å². The number of hydrogen-bond acceptors (Lipinski definition) is 3. The largest absolute Gasteiger partial charge is 0.476 e. The Labute approximate surface area is 115 Å². The van der Waals surface area contributed by atoms with E-state index in [0.29, 0.717) is 5.52 Å². The van der Waals surface area contributed by atoms with Crippen LogP contribution in [0.4, 0.5) is 0 Å². The Balaban J connectivity index is 0.000000980. The molecule has 0 aliphatic carbocycles. The summed E-state index contributed by atoms with van der Waals surface area (Å²) in [6, 6.07) is 5.55.